The molecule has 0 aliphatic heterocycles. The van der Waals surface area contributed by atoms with Gasteiger partial charge in [-0.3, -0.25) is 20.3 Å². The van der Waals surface area contributed by atoms with Crippen molar-refractivity contribution in [3.05, 3.63) is 51.4 Å². The minimum atomic E-state index is -0.826. The minimum Gasteiger partial charge on any atom is -0.444 e. The molecule has 1 rings (SSSR count). The van der Waals surface area contributed by atoms with E-state index in [1.807, 2.05) is 40.7 Å². The van der Waals surface area contributed by atoms with Crippen molar-refractivity contribution >= 4 is 34.5 Å². The first-order valence-electron chi connectivity index (χ1n) is 12.4. The molecule has 1 aromatic carbocycles. The molecule has 0 spiro atoms. The highest BCUT2D eigenvalue weighted by Crippen LogP contribution is 2.17. The maximum Gasteiger partial charge on any atom is 0.408 e. The Bertz CT molecular complexity index is 836. The Morgan fingerprint density at radius 2 is 1.64 bits per heavy atom. The third kappa shape index (κ3) is 15.2. The molecule has 2 atom stereocenters. The molecule has 0 unspecified atom stereocenters. The Hall–Kier alpha value is -2.88. The predicted molar refractivity (Wildman–Crippen MR) is 150 cm³/mol. The van der Waals surface area contributed by atoms with E-state index in [0.717, 1.165) is 12.0 Å². The van der Waals surface area contributed by atoms with E-state index in [9.17, 15) is 19.7 Å². The van der Waals surface area contributed by atoms with Crippen molar-refractivity contribution in [2.75, 3.05) is 0 Å². The summed E-state index contributed by atoms with van der Waals surface area (Å²) in [7, 11) is 0. The molecule has 0 aliphatic rings. The van der Waals surface area contributed by atoms with Crippen LogP contribution in [0.4, 0.5) is 10.5 Å². The molecule has 2 amide bonds. The molecular weight excluding hydrogens is 480 g/mol. The van der Waals surface area contributed by atoms with Crippen molar-refractivity contribution in [3.8, 4) is 0 Å². The second kappa shape index (κ2) is 19.3. The van der Waals surface area contributed by atoms with Crippen LogP contribution in [0.25, 0.3) is 0 Å². The lowest BCUT2D eigenvalue weighted by atomic mass is 10.1. The minimum absolute atomic E-state index is 0.0303. The number of hydrogen-bond donors (Lipinski definition) is 3. The number of alkyl carbamates (subject to hydrolysis) is 1. The molecule has 10 heteroatoms. The number of nitrogens with one attached hydrogen (secondary N) is 3. The SMILES string of the molecule is CC.CC.CC/C=C/SC(=N)[C@H](Cc1ccc([N+](=O)[O-])cc1)NC(=O)[C@H](CC)NC(=O)OC(C)(C)C. The van der Waals surface area contributed by atoms with Crippen LogP contribution in [0.1, 0.15) is 80.7 Å². The van der Waals surface area contributed by atoms with Crippen LogP contribution in [-0.2, 0) is 16.0 Å². The average Bonchev–Trinajstić information content (AvgIpc) is 2.83. The van der Waals surface area contributed by atoms with Crippen molar-refractivity contribution in [1.29, 1.82) is 5.41 Å². The van der Waals surface area contributed by atoms with Gasteiger partial charge in [-0.25, -0.2) is 4.79 Å². The smallest absolute Gasteiger partial charge is 0.408 e. The van der Waals surface area contributed by atoms with Gasteiger partial charge < -0.3 is 15.4 Å². The molecule has 9 nitrogen and oxygen atoms in total. The molecule has 0 saturated heterocycles. The lowest BCUT2D eigenvalue weighted by Crippen LogP contribution is -2.52. The molecule has 0 radical (unpaired) electrons. The lowest BCUT2D eigenvalue weighted by Gasteiger charge is -2.25. The summed E-state index contributed by atoms with van der Waals surface area (Å²) in [6.45, 7) is 16.9. The van der Waals surface area contributed by atoms with Crippen LogP contribution >= 0.6 is 11.8 Å². The summed E-state index contributed by atoms with van der Waals surface area (Å²) in [6, 6.07) is 4.50. The molecule has 0 saturated carbocycles. The Labute approximate surface area is 220 Å². The van der Waals surface area contributed by atoms with Crippen LogP contribution < -0.4 is 10.6 Å². The van der Waals surface area contributed by atoms with Crippen molar-refractivity contribution in [3.63, 3.8) is 0 Å². The first-order valence-corrected chi connectivity index (χ1v) is 13.3. The van der Waals surface area contributed by atoms with E-state index in [4.69, 9.17) is 10.1 Å². The van der Waals surface area contributed by atoms with Gasteiger partial charge in [0.05, 0.1) is 16.0 Å². The van der Waals surface area contributed by atoms with Gasteiger partial charge >= 0.3 is 6.09 Å². The van der Waals surface area contributed by atoms with E-state index >= 15 is 0 Å². The van der Waals surface area contributed by atoms with Crippen molar-refractivity contribution in [2.45, 2.75) is 99.3 Å². The standard InChI is InChI=1S/C22H32N4O5S.2C2H6/c1-6-8-13-32-19(23)18(14-15-9-11-16(12-10-15)26(29)30)24-20(27)17(7-2)25-21(28)31-22(3,4)5;2*1-2/h8-13,17-18,23H,6-7,14H2,1-5H3,(H,24,27)(H,25,28);2*1-2H3/b13-8+,23-19?;;/t17-,18-;;/m0../s1. The monoisotopic (exact) mass is 524 g/mol. The molecule has 0 fully saturated rings. The van der Waals surface area contributed by atoms with Gasteiger partial charge in [0.15, 0.2) is 0 Å². The Balaban J connectivity index is 0. The molecule has 36 heavy (non-hydrogen) atoms. The summed E-state index contributed by atoms with van der Waals surface area (Å²) in [5.41, 5.74) is 0.0120. The zero-order valence-corrected chi connectivity index (χ0v) is 24.0. The molecule has 204 valence electrons. The Kier molecular flexibility index (Phi) is 18.9. The fourth-order valence-electron chi connectivity index (χ4n) is 2.57. The quantitative estimate of drug-likeness (QED) is 0.136. The van der Waals surface area contributed by atoms with Crippen LogP contribution in [0, 0.1) is 15.5 Å². The highest BCUT2D eigenvalue weighted by molar-refractivity contribution is 8.16. The number of thioether (sulfide) groups is 1. The number of rotatable bonds is 10. The number of allylic oxidation sites excluding steroid dienone is 1. The molecule has 0 heterocycles. The average molecular weight is 525 g/mol. The second-order valence-electron chi connectivity index (χ2n) is 8.06. The zero-order chi connectivity index (χ0) is 28.3. The number of ether oxygens (including phenoxy) is 1. The maximum absolute atomic E-state index is 12.9. The molecule has 0 aliphatic carbocycles. The lowest BCUT2D eigenvalue weighted by molar-refractivity contribution is -0.384. The first kappa shape index (κ1) is 35.3. The third-order valence-corrected chi connectivity index (χ3v) is 5.03. The van der Waals surface area contributed by atoms with E-state index < -0.39 is 34.6 Å². The van der Waals surface area contributed by atoms with E-state index in [-0.39, 0.29) is 17.2 Å². The predicted octanol–water partition coefficient (Wildman–Crippen LogP) is 6.61. The fourth-order valence-corrected chi connectivity index (χ4v) is 3.32. The van der Waals surface area contributed by atoms with Crippen LogP contribution in [0.3, 0.4) is 0 Å². The Morgan fingerprint density at radius 3 is 2.08 bits per heavy atom. The number of carbonyl (C=O) groups excluding carboxylic acids is 2. The van der Waals surface area contributed by atoms with Gasteiger partial charge in [-0.2, -0.15) is 0 Å². The van der Waals surface area contributed by atoms with Crippen LogP contribution in [0.2, 0.25) is 0 Å². The van der Waals surface area contributed by atoms with E-state index in [0.29, 0.717) is 6.42 Å². The number of nitro benzene ring substituents is 1. The molecule has 0 aromatic heterocycles. The van der Waals surface area contributed by atoms with Crippen molar-refractivity contribution < 1.29 is 19.2 Å². The zero-order valence-electron chi connectivity index (χ0n) is 23.1. The topological polar surface area (TPSA) is 134 Å². The molecule has 1 aromatic rings. The molecular formula is C26H44N4O5S. The normalized spacial score (nSPS) is 12.1. The Morgan fingerprint density at radius 1 is 1.08 bits per heavy atom. The first-order chi connectivity index (χ1) is 17.0. The van der Waals surface area contributed by atoms with Crippen LogP contribution in [0.5, 0.6) is 0 Å². The number of nitro groups is 1. The summed E-state index contributed by atoms with van der Waals surface area (Å²) < 4.78 is 5.22. The molecule has 3 N–H and O–H groups in total. The second-order valence-corrected chi connectivity index (χ2v) is 9.01. The van der Waals surface area contributed by atoms with Gasteiger partial charge in [0.2, 0.25) is 5.91 Å². The van der Waals surface area contributed by atoms with Gasteiger partial charge in [0.25, 0.3) is 5.69 Å². The number of amides is 2. The highest BCUT2D eigenvalue weighted by Gasteiger charge is 2.26. The number of carbonyl (C=O) groups is 2. The van der Waals surface area contributed by atoms with Gasteiger partial charge in [-0.1, -0.05) is 71.5 Å². The summed E-state index contributed by atoms with van der Waals surface area (Å²) >= 11 is 1.19. The maximum atomic E-state index is 12.9. The van der Waals surface area contributed by atoms with E-state index in [1.54, 1.807) is 45.2 Å². The van der Waals surface area contributed by atoms with Gasteiger partial charge in [-0.05, 0) is 51.0 Å². The van der Waals surface area contributed by atoms with E-state index in [2.05, 4.69) is 10.6 Å². The number of nitrogens with zero attached hydrogens (tertiary/aromatic N) is 1. The summed E-state index contributed by atoms with van der Waals surface area (Å²) in [6.07, 6.45) is 2.64. The van der Waals surface area contributed by atoms with Crippen molar-refractivity contribution in [2.24, 2.45) is 0 Å². The summed E-state index contributed by atoms with van der Waals surface area (Å²) in [4.78, 5) is 35.3. The number of non-ortho nitro benzene ring substituents is 1. The largest absolute Gasteiger partial charge is 0.444 e. The van der Waals surface area contributed by atoms with Crippen LogP contribution in [-0.4, -0.2) is 39.7 Å². The van der Waals surface area contributed by atoms with Gasteiger partial charge in [0, 0.05) is 12.1 Å². The summed E-state index contributed by atoms with van der Waals surface area (Å²) in [5, 5.41) is 26.7. The van der Waals surface area contributed by atoms with Gasteiger partial charge in [-0.15, -0.1) is 0 Å². The number of hydrogen-bond acceptors (Lipinski definition) is 7. The van der Waals surface area contributed by atoms with Crippen molar-refractivity contribution in [1.82, 2.24) is 10.6 Å². The van der Waals surface area contributed by atoms with Gasteiger partial charge in [0.1, 0.15) is 11.6 Å². The van der Waals surface area contributed by atoms with E-state index in [1.165, 1.54) is 23.9 Å². The molecule has 0 bridgehead atoms. The highest BCUT2D eigenvalue weighted by atomic mass is 32.2. The third-order valence-electron chi connectivity index (χ3n) is 4.16. The number of benzene rings is 1. The summed E-state index contributed by atoms with van der Waals surface area (Å²) in [5.74, 6) is -0.435. The fraction of sp³-hybridized carbons (Fsp3) is 0.577. The van der Waals surface area contributed by atoms with Crippen LogP contribution in [0.15, 0.2) is 35.7 Å².